The summed E-state index contributed by atoms with van der Waals surface area (Å²) in [5.74, 6) is -3.31. The number of aromatic nitrogens is 4. The number of benzene rings is 1. The second-order valence-corrected chi connectivity index (χ2v) is 8.41. The Balaban J connectivity index is 1.35. The molecule has 1 unspecified atom stereocenters. The van der Waals surface area contributed by atoms with Crippen molar-refractivity contribution in [3.63, 3.8) is 0 Å². The van der Waals surface area contributed by atoms with Crippen LogP contribution in [0.25, 0.3) is 22.0 Å². The standard InChI is InChI=1S/C24H22F2N6O/c25-24(26)7-1-2-15(10-24)20-6-4-18(13-29-20)30-23(33)22-19-9-14(3-5-21(19)31-32-22)16-8-17(27)12-28-11-16/h3-6,8-9,11-13,15H,1-2,7,10,27H2,(H,30,33)(H,31,32). The van der Waals surface area contributed by atoms with Crippen LogP contribution in [-0.2, 0) is 0 Å². The molecule has 168 valence electrons. The molecule has 1 aliphatic carbocycles. The molecule has 33 heavy (non-hydrogen) atoms. The second-order valence-electron chi connectivity index (χ2n) is 8.41. The van der Waals surface area contributed by atoms with E-state index in [1.165, 1.54) is 6.20 Å². The fourth-order valence-corrected chi connectivity index (χ4v) is 4.32. The lowest BCUT2D eigenvalue weighted by Gasteiger charge is -2.28. The number of fused-ring (bicyclic) bond motifs is 1. The maximum atomic E-state index is 13.7. The lowest BCUT2D eigenvalue weighted by Crippen LogP contribution is -2.25. The molecule has 0 saturated heterocycles. The minimum Gasteiger partial charge on any atom is -0.397 e. The van der Waals surface area contributed by atoms with Gasteiger partial charge in [-0.2, -0.15) is 5.10 Å². The van der Waals surface area contributed by atoms with Gasteiger partial charge in [0.05, 0.1) is 23.1 Å². The normalized spacial score (nSPS) is 17.7. The molecule has 3 heterocycles. The summed E-state index contributed by atoms with van der Waals surface area (Å²) in [7, 11) is 0. The van der Waals surface area contributed by atoms with E-state index in [4.69, 9.17) is 5.73 Å². The Morgan fingerprint density at radius 1 is 1.12 bits per heavy atom. The smallest absolute Gasteiger partial charge is 0.276 e. The second kappa shape index (κ2) is 8.23. The predicted molar refractivity (Wildman–Crippen MR) is 122 cm³/mol. The van der Waals surface area contributed by atoms with Crippen molar-refractivity contribution in [1.82, 2.24) is 20.2 Å². The number of carbonyl (C=O) groups excluding carboxylic acids is 1. The fourth-order valence-electron chi connectivity index (χ4n) is 4.32. The molecule has 9 heteroatoms. The van der Waals surface area contributed by atoms with Gasteiger partial charge in [-0.05, 0) is 48.7 Å². The first kappa shape index (κ1) is 21.0. The molecule has 1 aliphatic rings. The average molecular weight is 448 g/mol. The number of rotatable bonds is 4. The molecule has 0 radical (unpaired) electrons. The third-order valence-electron chi connectivity index (χ3n) is 5.97. The molecule has 4 N–H and O–H groups in total. The van der Waals surface area contributed by atoms with Gasteiger partial charge in [0.1, 0.15) is 0 Å². The zero-order valence-corrected chi connectivity index (χ0v) is 17.7. The number of nitrogens with two attached hydrogens (primary N) is 1. The molecule has 4 aromatic rings. The van der Waals surface area contributed by atoms with Gasteiger partial charge in [0, 0.05) is 47.8 Å². The highest BCUT2D eigenvalue weighted by molar-refractivity contribution is 6.11. The van der Waals surface area contributed by atoms with Crippen LogP contribution in [0.5, 0.6) is 0 Å². The van der Waals surface area contributed by atoms with Gasteiger partial charge in [0.2, 0.25) is 5.92 Å². The molecular weight excluding hydrogens is 426 g/mol. The van der Waals surface area contributed by atoms with Gasteiger partial charge in [-0.3, -0.25) is 19.9 Å². The number of H-pyrrole nitrogens is 1. The van der Waals surface area contributed by atoms with Crippen LogP contribution in [0.3, 0.4) is 0 Å². The number of halogens is 2. The highest BCUT2D eigenvalue weighted by Gasteiger charge is 2.37. The van der Waals surface area contributed by atoms with Crippen molar-refractivity contribution >= 4 is 28.2 Å². The minimum atomic E-state index is -2.64. The maximum absolute atomic E-state index is 13.7. The largest absolute Gasteiger partial charge is 0.397 e. The van der Waals surface area contributed by atoms with Crippen LogP contribution in [-0.4, -0.2) is 32.0 Å². The Morgan fingerprint density at radius 3 is 2.76 bits per heavy atom. The van der Waals surface area contributed by atoms with E-state index in [1.54, 1.807) is 24.5 Å². The van der Waals surface area contributed by atoms with Crippen molar-refractivity contribution < 1.29 is 13.6 Å². The summed E-state index contributed by atoms with van der Waals surface area (Å²) in [5, 5.41) is 10.5. The number of hydrogen-bond donors (Lipinski definition) is 3. The van der Waals surface area contributed by atoms with E-state index in [9.17, 15) is 13.6 Å². The number of nitrogens with zero attached hydrogens (tertiary/aromatic N) is 3. The van der Waals surface area contributed by atoms with Crippen LogP contribution >= 0.6 is 0 Å². The van der Waals surface area contributed by atoms with Crippen molar-refractivity contribution in [1.29, 1.82) is 0 Å². The van der Waals surface area contributed by atoms with Crippen LogP contribution in [0.2, 0.25) is 0 Å². The van der Waals surface area contributed by atoms with Crippen LogP contribution < -0.4 is 11.1 Å². The van der Waals surface area contributed by atoms with E-state index in [1.807, 2.05) is 24.3 Å². The predicted octanol–water partition coefficient (Wildman–Crippen LogP) is 5.15. The first-order chi connectivity index (χ1) is 15.9. The van der Waals surface area contributed by atoms with Crippen LogP contribution in [0.15, 0.2) is 55.0 Å². The molecule has 0 aliphatic heterocycles. The van der Waals surface area contributed by atoms with Crippen molar-refractivity contribution in [3.8, 4) is 11.1 Å². The Kier molecular flexibility index (Phi) is 5.24. The zero-order chi connectivity index (χ0) is 23.0. The molecule has 1 saturated carbocycles. The van der Waals surface area contributed by atoms with Gasteiger partial charge in [-0.1, -0.05) is 6.07 Å². The molecule has 5 rings (SSSR count). The molecule has 1 atom stereocenters. The average Bonchev–Trinajstić information content (AvgIpc) is 3.22. The van der Waals surface area contributed by atoms with Gasteiger partial charge in [-0.25, -0.2) is 8.78 Å². The van der Waals surface area contributed by atoms with Gasteiger partial charge in [0.15, 0.2) is 5.69 Å². The molecule has 3 aromatic heterocycles. The number of anilines is 2. The van der Waals surface area contributed by atoms with Crippen LogP contribution in [0.1, 0.15) is 47.8 Å². The highest BCUT2D eigenvalue weighted by Crippen LogP contribution is 2.41. The topological polar surface area (TPSA) is 110 Å². The molecule has 7 nitrogen and oxygen atoms in total. The first-order valence-electron chi connectivity index (χ1n) is 10.7. The monoisotopic (exact) mass is 448 g/mol. The summed E-state index contributed by atoms with van der Waals surface area (Å²) in [5.41, 5.74) is 10.1. The SMILES string of the molecule is Nc1cncc(-c2ccc3[nH]nc(C(=O)Nc4ccc(C5CCCC(F)(F)C5)nc4)c3c2)c1. The van der Waals surface area contributed by atoms with Crippen molar-refractivity contribution in [2.75, 3.05) is 11.1 Å². The number of aromatic amines is 1. The van der Waals surface area contributed by atoms with E-state index in [0.29, 0.717) is 40.8 Å². The summed E-state index contributed by atoms with van der Waals surface area (Å²) in [6.07, 6.45) is 5.69. The molecule has 0 spiro atoms. The van der Waals surface area contributed by atoms with Gasteiger partial charge < -0.3 is 11.1 Å². The van der Waals surface area contributed by atoms with E-state index in [0.717, 1.165) is 11.1 Å². The van der Waals surface area contributed by atoms with Crippen molar-refractivity contribution in [2.45, 2.75) is 37.5 Å². The number of hydrogen-bond acceptors (Lipinski definition) is 5. The maximum Gasteiger partial charge on any atom is 0.276 e. The third kappa shape index (κ3) is 4.39. The summed E-state index contributed by atoms with van der Waals surface area (Å²) >= 11 is 0. The first-order valence-corrected chi connectivity index (χ1v) is 10.7. The molecule has 1 amide bonds. The molecule has 1 aromatic carbocycles. The lowest BCUT2D eigenvalue weighted by atomic mass is 9.84. The van der Waals surface area contributed by atoms with Crippen LogP contribution in [0, 0.1) is 0 Å². The Hall–Kier alpha value is -3.88. The fraction of sp³-hybridized carbons (Fsp3) is 0.250. The molecule has 0 bridgehead atoms. The summed E-state index contributed by atoms with van der Waals surface area (Å²) < 4.78 is 27.5. The van der Waals surface area contributed by atoms with E-state index < -0.39 is 11.8 Å². The number of amides is 1. The number of nitrogen functional groups attached to an aromatic ring is 1. The van der Waals surface area contributed by atoms with Crippen LogP contribution in [0.4, 0.5) is 20.2 Å². The van der Waals surface area contributed by atoms with Gasteiger partial charge in [-0.15, -0.1) is 0 Å². The molecule has 1 fully saturated rings. The lowest BCUT2D eigenvalue weighted by molar-refractivity contribution is -0.0412. The number of carbonyl (C=O) groups is 1. The molecular formula is C24H22F2N6O. The van der Waals surface area contributed by atoms with E-state index >= 15 is 0 Å². The minimum absolute atomic E-state index is 0.0643. The van der Waals surface area contributed by atoms with E-state index in [2.05, 4.69) is 25.5 Å². The summed E-state index contributed by atoms with van der Waals surface area (Å²) in [6.45, 7) is 0. The number of alkyl halides is 2. The van der Waals surface area contributed by atoms with Crippen molar-refractivity contribution in [2.24, 2.45) is 0 Å². The Morgan fingerprint density at radius 2 is 2.00 bits per heavy atom. The van der Waals surface area contributed by atoms with Gasteiger partial charge in [0.25, 0.3) is 5.91 Å². The number of pyridine rings is 2. The Bertz CT molecular complexity index is 1320. The Labute approximate surface area is 188 Å². The van der Waals surface area contributed by atoms with Crippen molar-refractivity contribution in [3.05, 3.63) is 66.4 Å². The summed E-state index contributed by atoms with van der Waals surface area (Å²) in [4.78, 5) is 21.4. The third-order valence-corrected chi connectivity index (χ3v) is 5.97. The quantitative estimate of drug-likeness (QED) is 0.400. The highest BCUT2D eigenvalue weighted by atomic mass is 19.3. The van der Waals surface area contributed by atoms with E-state index in [-0.39, 0.29) is 24.5 Å². The zero-order valence-electron chi connectivity index (χ0n) is 17.7. The number of nitrogens with one attached hydrogen (secondary N) is 2. The summed E-state index contributed by atoms with van der Waals surface area (Å²) in [6, 6.07) is 10.8. The van der Waals surface area contributed by atoms with Gasteiger partial charge >= 0.3 is 0 Å².